The molecule has 0 N–H and O–H groups in total. The van der Waals surface area contributed by atoms with Crippen molar-refractivity contribution >= 4 is 11.7 Å². The van der Waals surface area contributed by atoms with E-state index in [1.807, 2.05) is 24.8 Å². The fourth-order valence-corrected chi connectivity index (χ4v) is 3.70. The summed E-state index contributed by atoms with van der Waals surface area (Å²) in [5.74, 6) is 2.01. The Morgan fingerprint density at radius 1 is 1.04 bits per heavy atom. The van der Waals surface area contributed by atoms with Crippen molar-refractivity contribution in [2.45, 2.75) is 46.5 Å². The molecule has 1 amide bonds. The van der Waals surface area contributed by atoms with E-state index in [0.29, 0.717) is 43.8 Å². The molecule has 1 fully saturated rings. The van der Waals surface area contributed by atoms with Gasteiger partial charge in [0.2, 0.25) is 5.91 Å². The Morgan fingerprint density at radius 3 is 2.23 bits per heavy atom. The number of likely N-dealkylation sites (tertiary alicyclic amines) is 1. The number of hydrogen-bond acceptors (Lipinski definition) is 3. The maximum absolute atomic E-state index is 12.3. The van der Waals surface area contributed by atoms with Crippen LogP contribution in [0.5, 0.6) is 0 Å². The normalized spacial score (nSPS) is 16.0. The van der Waals surface area contributed by atoms with Gasteiger partial charge in [-0.2, -0.15) is 0 Å². The van der Waals surface area contributed by atoms with Gasteiger partial charge in [-0.25, -0.2) is 0 Å². The predicted octanol–water partition coefficient (Wildman–Crippen LogP) is 3.91. The van der Waals surface area contributed by atoms with Crippen molar-refractivity contribution in [3.63, 3.8) is 0 Å². The van der Waals surface area contributed by atoms with Crippen LogP contribution >= 0.6 is 0 Å². The average molecular weight is 360 g/mol. The van der Waals surface area contributed by atoms with E-state index in [1.165, 1.54) is 5.56 Å². The Morgan fingerprint density at radius 2 is 1.65 bits per heavy atom. The van der Waals surface area contributed by atoms with Gasteiger partial charge in [0.25, 0.3) is 0 Å². The van der Waals surface area contributed by atoms with Gasteiger partial charge < -0.3 is 9.64 Å². The number of carbonyl (C=O) groups excluding carboxylic acids is 2. The van der Waals surface area contributed by atoms with Gasteiger partial charge in [-0.05, 0) is 17.4 Å². The van der Waals surface area contributed by atoms with Crippen LogP contribution in [0.4, 0.5) is 0 Å². The van der Waals surface area contributed by atoms with E-state index in [4.69, 9.17) is 4.74 Å². The van der Waals surface area contributed by atoms with Gasteiger partial charge in [0.1, 0.15) is 5.78 Å². The monoisotopic (exact) mass is 359 g/mol. The van der Waals surface area contributed by atoms with Gasteiger partial charge in [-0.1, -0.05) is 58.0 Å². The van der Waals surface area contributed by atoms with Crippen LogP contribution in [0.1, 0.15) is 52.0 Å². The first kappa shape index (κ1) is 20.6. The first-order valence-corrected chi connectivity index (χ1v) is 9.83. The van der Waals surface area contributed by atoms with Gasteiger partial charge in [0.15, 0.2) is 0 Å². The molecule has 1 atom stereocenters. The molecule has 1 aliphatic rings. The molecular formula is C22H33NO3. The van der Waals surface area contributed by atoms with Crippen molar-refractivity contribution < 1.29 is 14.3 Å². The molecule has 1 heterocycles. The van der Waals surface area contributed by atoms with E-state index in [2.05, 4.69) is 38.1 Å². The minimum Gasteiger partial charge on any atom is -0.380 e. The van der Waals surface area contributed by atoms with Crippen LogP contribution in [0.25, 0.3) is 0 Å². The lowest BCUT2D eigenvalue weighted by Crippen LogP contribution is -2.53. The zero-order chi connectivity index (χ0) is 19.1. The summed E-state index contributed by atoms with van der Waals surface area (Å²) in [6.45, 7) is 10.8. The lowest BCUT2D eigenvalue weighted by atomic mass is 9.74. The zero-order valence-electron chi connectivity index (χ0n) is 16.6. The van der Waals surface area contributed by atoms with Crippen LogP contribution in [0.3, 0.4) is 0 Å². The zero-order valence-corrected chi connectivity index (χ0v) is 16.6. The molecule has 0 aromatic heterocycles. The van der Waals surface area contributed by atoms with E-state index in [9.17, 15) is 9.59 Å². The van der Waals surface area contributed by atoms with Crippen LogP contribution in [-0.2, 0) is 14.3 Å². The molecule has 4 nitrogen and oxygen atoms in total. The first-order chi connectivity index (χ1) is 12.4. The molecule has 4 heteroatoms. The summed E-state index contributed by atoms with van der Waals surface area (Å²) in [5.41, 5.74) is 1.37. The third kappa shape index (κ3) is 5.66. The van der Waals surface area contributed by atoms with Crippen molar-refractivity contribution in [1.82, 2.24) is 4.90 Å². The lowest BCUT2D eigenvalue weighted by molar-refractivity contribution is -0.139. The molecule has 0 spiro atoms. The van der Waals surface area contributed by atoms with Gasteiger partial charge in [-0.15, -0.1) is 0 Å². The summed E-state index contributed by atoms with van der Waals surface area (Å²) >= 11 is 0. The molecule has 26 heavy (non-hydrogen) atoms. The molecule has 0 radical (unpaired) electrons. The Bertz CT molecular complexity index is 576. The van der Waals surface area contributed by atoms with Crippen LogP contribution in [0, 0.1) is 17.8 Å². The minimum absolute atomic E-state index is 0.0526. The van der Waals surface area contributed by atoms with Gasteiger partial charge >= 0.3 is 0 Å². The Labute approximate surface area is 157 Å². The highest BCUT2D eigenvalue weighted by Crippen LogP contribution is 2.37. The lowest BCUT2D eigenvalue weighted by Gasteiger charge is -2.45. The Kier molecular flexibility index (Phi) is 7.83. The highest BCUT2D eigenvalue weighted by molar-refractivity contribution is 5.80. The number of ketones is 1. The molecule has 1 aromatic carbocycles. The number of ether oxygens (including phenoxy) is 1. The number of benzene rings is 1. The summed E-state index contributed by atoms with van der Waals surface area (Å²) in [7, 11) is 0. The Hall–Kier alpha value is -1.68. The molecule has 0 saturated carbocycles. The van der Waals surface area contributed by atoms with Crippen LogP contribution in [0.15, 0.2) is 30.3 Å². The van der Waals surface area contributed by atoms with Gasteiger partial charge in [-0.3, -0.25) is 9.59 Å². The van der Waals surface area contributed by atoms with Crippen molar-refractivity contribution in [2.24, 2.45) is 17.8 Å². The molecule has 1 aromatic rings. The highest BCUT2D eigenvalue weighted by Gasteiger charge is 2.37. The Balaban J connectivity index is 1.70. The van der Waals surface area contributed by atoms with Crippen LogP contribution in [0.2, 0.25) is 0 Å². The second kappa shape index (κ2) is 9.86. The first-order valence-electron chi connectivity index (χ1n) is 9.83. The second-order valence-electron chi connectivity index (χ2n) is 7.97. The smallest absolute Gasteiger partial charge is 0.224 e. The van der Waals surface area contributed by atoms with E-state index < -0.39 is 0 Å². The van der Waals surface area contributed by atoms with Crippen molar-refractivity contribution in [3.8, 4) is 0 Å². The summed E-state index contributed by atoms with van der Waals surface area (Å²) in [5, 5.41) is 0. The van der Waals surface area contributed by atoms with E-state index in [-0.39, 0.29) is 17.6 Å². The number of rotatable bonds is 10. The largest absolute Gasteiger partial charge is 0.380 e. The van der Waals surface area contributed by atoms with Crippen molar-refractivity contribution in [1.29, 1.82) is 0 Å². The minimum atomic E-state index is 0.0526. The second-order valence-corrected chi connectivity index (χ2v) is 7.97. The molecule has 1 aliphatic heterocycles. The third-order valence-electron chi connectivity index (χ3n) is 5.27. The molecular weight excluding hydrogens is 326 g/mol. The molecule has 0 aliphatic carbocycles. The fourth-order valence-electron chi connectivity index (χ4n) is 3.70. The average Bonchev–Trinajstić information content (AvgIpc) is 2.57. The summed E-state index contributed by atoms with van der Waals surface area (Å²) in [4.78, 5) is 25.7. The maximum Gasteiger partial charge on any atom is 0.224 e. The summed E-state index contributed by atoms with van der Waals surface area (Å²) in [6.07, 6.45) is 0.838. The van der Waals surface area contributed by atoms with E-state index >= 15 is 0 Å². The molecule has 1 saturated heterocycles. The number of Topliss-reactive ketones (excluding diaryl/α,β-unsaturated/α-hetero) is 1. The number of amides is 1. The van der Waals surface area contributed by atoms with Gasteiger partial charge in [0.05, 0.1) is 19.6 Å². The molecule has 0 bridgehead atoms. The van der Waals surface area contributed by atoms with E-state index in [0.717, 1.165) is 13.1 Å². The van der Waals surface area contributed by atoms with E-state index in [1.54, 1.807) is 0 Å². The molecule has 144 valence electrons. The summed E-state index contributed by atoms with van der Waals surface area (Å²) in [6, 6.07) is 10.6. The predicted molar refractivity (Wildman–Crippen MR) is 104 cm³/mol. The standard InChI is InChI=1S/C22H33NO3/c1-16(2)20(24)10-12-26-13-11-21(25)23-14-19(15-23)22(17(3)4)18-8-6-5-7-9-18/h5-9,16-17,19,22H,10-15H2,1-4H3/t22-/m1/s1. The van der Waals surface area contributed by atoms with Crippen LogP contribution < -0.4 is 0 Å². The molecule has 2 rings (SSSR count). The maximum atomic E-state index is 12.3. The quantitative estimate of drug-likeness (QED) is 0.595. The van der Waals surface area contributed by atoms with Gasteiger partial charge in [0, 0.05) is 31.3 Å². The third-order valence-corrected chi connectivity index (χ3v) is 5.27. The summed E-state index contributed by atoms with van der Waals surface area (Å²) < 4.78 is 5.46. The number of carbonyl (C=O) groups is 2. The fraction of sp³-hybridized carbons (Fsp3) is 0.636. The SMILES string of the molecule is CC(C)C(=O)CCOCCC(=O)N1CC([C@@H](c2ccccc2)C(C)C)C1. The number of hydrogen-bond donors (Lipinski definition) is 0. The van der Waals surface area contributed by atoms with Crippen molar-refractivity contribution in [2.75, 3.05) is 26.3 Å². The topological polar surface area (TPSA) is 46.6 Å². The molecule has 0 unspecified atom stereocenters. The number of nitrogens with zero attached hydrogens (tertiary/aromatic N) is 1. The van der Waals surface area contributed by atoms with Crippen molar-refractivity contribution in [3.05, 3.63) is 35.9 Å². The van der Waals surface area contributed by atoms with Crippen LogP contribution in [-0.4, -0.2) is 42.9 Å². The highest BCUT2D eigenvalue weighted by atomic mass is 16.5.